The zero-order chi connectivity index (χ0) is 24.3. The van der Waals surface area contributed by atoms with E-state index in [-0.39, 0.29) is 35.5 Å². The van der Waals surface area contributed by atoms with E-state index in [0.717, 1.165) is 5.56 Å². The van der Waals surface area contributed by atoms with Gasteiger partial charge in [-0.2, -0.15) is 9.40 Å². The van der Waals surface area contributed by atoms with Gasteiger partial charge in [-0.05, 0) is 42.7 Å². The number of hydrogen-bond donors (Lipinski definition) is 1. The minimum absolute atomic E-state index is 0.00811. The predicted octanol–water partition coefficient (Wildman–Crippen LogP) is 3.53. The maximum atomic E-state index is 12.8. The maximum Gasteiger partial charge on any atom is 0.269 e. The number of sulfonamides is 1. The second-order valence-electron chi connectivity index (χ2n) is 7.95. The summed E-state index contributed by atoms with van der Waals surface area (Å²) in [5.41, 5.74) is 0.805. The Morgan fingerprint density at radius 3 is 2.50 bits per heavy atom. The van der Waals surface area contributed by atoms with Crippen molar-refractivity contribution in [1.29, 1.82) is 0 Å². The molecule has 1 aliphatic heterocycles. The molecule has 3 aromatic rings. The van der Waals surface area contributed by atoms with E-state index >= 15 is 0 Å². The fourth-order valence-corrected chi connectivity index (χ4v) is 5.50. The molecule has 1 aliphatic rings. The lowest BCUT2D eigenvalue weighted by atomic mass is 9.97. The molecule has 178 valence electrons. The molecule has 0 radical (unpaired) electrons. The van der Waals surface area contributed by atoms with Gasteiger partial charge in [-0.15, -0.1) is 0 Å². The highest BCUT2D eigenvalue weighted by Gasteiger charge is 2.32. The van der Waals surface area contributed by atoms with Crippen LogP contribution in [0, 0.1) is 16.0 Å². The number of anilines is 1. The van der Waals surface area contributed by atoms with Crippen LogP contribution >= 0.6 is 11.6 Å². The molecule has 1 saturated heterocycles. The van der Waals surface area contributed by atoms with Gasteiger partial charge in [-0.25, -0.2) is 8.42 Å². The number of nitro benzene ring substituents is 1. The molecule has 0 aliphatic carbocycles. The number of rotatable bonds is 7. The van der Waals surface area contributed by atoms with Crippen molar-refractivity contribution in [2.24, 2.45) is 5.92 Å². The average molecular weight is 504 g/mol. The Morgan fingerprint density at radius 1 is 1.15 bits per heavy atom. The van der Waals surface area contributed by atoms with Crippen molar-refractivity contribution in [3.8, 4) is 0 Å². The molecule has 0 atom stereocenters. The highest BCUT2D eigenvalue weighted by atomic mass is 35.5. The number of carbonyl (C=O) groups is 1. The van der Waals surface area contributed by atoms with E-state index in [4.69, 9.17) is 11.6 Å². The van der Waals surface area contributed by atoms with Gasteiger partial charge in [0.15, 0.2) is 5.82 Å². The van der Waals surface area contributed by atoms with Gasteiger partial charge >= 0.3 is 0 Å². The summed E-state index contributed by atoms with van der Waals surface area (Å²) in [7, 11) is -3.79. The summed E-state index contributed by atoms with van der Waals surface area (Å²) in [5, 5.41) is 18.6. The lowest BCUT2D eigenvalue weighted by Gasteiger charge is -2.30. The highest BCUT2D eigenvalue weighted by molar-refractivity contribution is 7.89. The van der Waals surface area contributed by atoms with Crippen molar-refractivity contribution in [1.82, 2.24) is 14.1 Å². The van der Waals surface area contributed by atoms with Crippen LogP contribution in [-0.4, -0.2) is 46.4 Å². The van der Waals surface area contributed by atoms with Gasteiger partial charge in [-0.3, -0.25) is 19.6 Å². The molecule has 10 nitrogen and oxygen atoms in total. The number of hydrogen-bond acceptors (Lipinski definition) is 6. The molecule has 1 N–H and O–H groups in total. The van der Waals surface area contributed by atoms with E-state index in [9.17, 15) is 23.3 Å². The second-order valence-corrected chi connectivity index (χ2v) is 10.3. The minimum Gasteiger partial charge on any atom is -0.309 e. The van der Waals surface area contributed by atoms with Crippen LogP contribution in [0.3, 0.4) is 0 Å². The predicted molar refractivity (Wildman–Crippen MR) is 126 cm³/mol. The van der Waals surface area contributed by atoms with Crippen LogP contribution in [0.2, 0.25) is 5.02 Å². The lowest BCUT2D eigenvalue weighted by Crippen LogP contribution is -2.41. The molecule has 12 heteroatoms. The number of halogens is 1. The minimum atomic E-state index is -3.79. The first-order valence-electron chi connectivity index (χ1n) is 10.6. The number of nitrogens with one attached hydrogen (secondary N) is 1. The van der Waals surface area contributed by atoms with Crippen molar-refractivity contribution in [3.05, 3.63) is 81.5 Å². The van der Waals surface area contributed by atoms with Crippen molar-refractivity contribution in [3.63, 3.8) is 0 Å². The number of benzene rings is 2. The summed E-state index contributed by atoms with van der Waals surface area (Å²) in [6, 6.07) is 13.9. The van der Waals surface area contributed by atoms with Crippen LogP contribution in [0.15, 0.2) is 65.7 Å². The van der Waals surface area contributed by atoms with Gasteiger partial charge in [0.25, 0.3) is 5.69 Å². The number of nitro groups is 1. The number of amides is 1. The molecule has 0 saturated carbocycles. The third-order valence-electron chi connectivity index (χ3n) is 5.64. The Balaban J connectivity index is 1.32. The third-order valence-corrected chi connectivity index (χ3v) is 7.78. The van der Waals surface area contributed by atoms with E-state index < -0.39 is 14.9 Å². The van der Waals surface area contributed by atoms with Crippen LogP contribution in [-0.2, 0) is 21.4 Å². The summed E-state index contributed by atoms with van der Waals surface area (Å²) >= 11 is 6.01. The van der Waals surface area contributed by atoms with Crippen LogP contribution in [0.5, 0.6) is 0 Å². The summed E-state index contributed by atoms with van der Waals surface area (Å²) in [6.45, 7) is 0.872. The van der Waals surface area contributed by atoms with Gasteiger partial charge in [0.2, 0.25) is 15.9 Å². The van der Waals surface area contributed by atoms with Gasteiger partial charge < -0.3 is 5.32 Å². The molecule has 1 amide bonds. The van der Waals surface area contributed by atoms with Gasteiger partial charge in [0.05, 0.1) is 16.4 Å². The van der Waals surface area contributed by atoms with Crippen molar-refractivity contribution in [2.75, 3.05) is 18.4 Å². The Kier molecular flexibility index (Phi) is 6.96. The van der Waals surface area contributed by atoms with Gasteiger partial charge in [0, 0.05) is 48.4 Å². The van der Waals surface area contributed by atoms with Crippen LogP contribution in [0.1, 0.15) is 18.4 Å². The molecule has 2 heterocycles. The number of aromatic nitrogens is 2. The normalized spacial score (nSPS) is 15.2. The molecule has 1 fully saturated rings. The highest BCUT2D eigenvalue weighted by Crippen LogP contribution is 2.26. The Morgan fingerprint density at radius 2 is 1.85 bits per heavy atom. The number of carbonyl (C=O) groups excluding carboxylic acids is 1. The average Bonchev–Trinajstić information content (AvgIpc) is 3.25. The molecule has 2 aromatic carbocycles. The molecular weight excluding hydrogens is 482 g/mol. The first-order chi connectivity index (χ1) is 16.2. The fourth-order valence-electron chi connectivity index (χ4n) is 3.81. The van der Waals surface area contributed by atoms with Crippen molar-refractivity contribution in [2.45, 2.75) is 24.3 Å². The molecule has 34 heavy (non-hydrogen) atoms. The monoisotopic (exact) mass is 503 g/mol. The number of nitrogens with zero attached hydrogens (tertiary/aromatic N) is 4. The fraction of sp³-hybridized carbons (Fsp3) is 0.273. The second kappa shape index (κ2) is 9.92. The van der Waals surface area contributed by atoms with Crippen molar-refractivity contribution < 1.29 is 18.1 Å². The van der Waals surface area contributed by atoms with E-state index in [1.807, 2.05) is 18.2 Å². The SMILES string of the molecule is O=C(Nc1ccn(Cc2cccc(Cl)c2)n1)C1CCN(S(=O)(=O)c2ccc([N+](=O)[O-])cc2)CC1. The summed E-state index contributed by atoms with van der Waals surface area (Å²) in [5.74, 6) is -0.130. The lowest BCUT2D eigenvalue weighted by molar-refractivity contribution is -0.384. The molecule has 4 rings (SSSR count). The number of piperidine rings is 1. The quantitative estimate of drug-likeness (QED) is 0.388. The van der Waals surface area contributed by atoms with Gasteiger partial charge in [0.1, 0.15) is 0 Å². The maximum absolute atomic E-state index is 12.8. The van der Waals surface area contributed by atoms with E-state index in [1.165, 1.54) is 28.6 Å². The Bertz CT molecular complexity index is 1300. The smallest absolute Gasteiger partial charge is 0.269 e. The first-order valence-corrected chi connectivity index (χ1v) is 12.4. The molecule has 0 bridgehead atoms. The Hall–Kier alpha value is -3.28. The van der Waals surface area contributed by atoms with Crippen LogP contribution in [0.25, 0.3) is 0 Å². The van der Waals surface area contributed by atoms with E-state index in [0.29, 0.717) is 30.2 Å². The van der Waals surface area contributed by atoms with E-state index in [2.05, 4.69) is 10.4 Å². The van der Waals surface area contributed by atoms with Crippen LogP contribution in [0.4, 0.5) is 11.5 Å². The Labute approximate surface area is 201 Å². The van der Waals surface area contributed by atoms with Crippen molar-refractivity contribution >= 4 is 39.0 Å². The zero-order valence-electron chi connectivity index (χ0n) is 18.0. The standard InChI is InChI=1S/C22H22ClN5O5S/c23-18-3-1-2-16(14-18)15-26-11-10-21(25-26)24-22(29)17-8-12-27(13-9-17)34(32,33)20-6-4-19(5-7-20)28(30)31/h1-7,10-11,14,17H,8-9,12-13,15H2,(H,24,25,29). The van der Waals surface area contributed by atoms with Gasteiger partial charge in [-0.1, -0.05) is 23.7 Å². The largest absolute Gasteiger partial charge is 0.309 e. The third kappa shape index (κ3) is 5.44. The molecule has 0 unspecified atom stereocenters. The molecule has 0 spiro atoms. The topological polar surface area (TPSA) is 127 Å². The summed E-state index contributed by atoms with van der Waals surface area (Å²) in [6.07, 6.45) is 2.48. The summed E-state index contributed by atoms with van der Waals surface area (Å²) < 4.78 is 28.7. The number of non-ortho nitro benzene ring substituents is 1. The zero-order valence-corrected chi connectivity index (χ0v) is 19.6. The molecule has 1 aromatic heterocycles. The molecular formula is C22H22ClN5O5S. The van der Waals surface area contributed by atoms with E-state index in [1.54, 1.807) is 23.0 Å². The first kappa shape index (κ1) is 23.9. The summed E-state index contributed by atoms with van der Waals surface area (Å²) in [4.78, 5) is 22.9. The van der Waals surface area contributed by atoms with Crippen LogP contribution < -0.4 is 5.32 Å².